The minimum Gasteiger partial charge on any atom is -0.325 e. The minimum atomic E-state index is -0.715. The van der Waals surface area contributed by atoms with Gasteiger partial charge in [0.05, 0.1) is 5.56 Å². The van der Waals surface area contributed by atoms with Gasteiger partial charge in [-0.1, -0.05) is 25.1 Å². The van der Waals surface area contributed by atoms with Crippen LogP contribution in [0.4, 0.5) is 0 Å². The Morgan fingerprint density at radius 1 is 1.12 bits per heavy atom. The van der Waals surface area contributed by atoms with Crippen LogP contribution in [0.3, 0.4) is 0 Å². The lowest BCUT2D eigenvalue weighted by atomic mass is 10.1. The quantitative estimate of drug-likeness (QED) is 0.552. The van der Waals surface area contributed by atoms with Crippen LogP contribution in [-0.2, 0) is 20.8 Å². The fourth-order valence-corrected chi connectivity index (χ4v) is 4.75. The van der Waals surface area contributed by atoms with Gasteiger partial charge in [0.25, 0.3) is 11.8 Å². The average molecular weight is 388 g/mol. The zero-order valence-corrected chi connectivity index (χ0v) is 15.6. The smallest absolute Gasteiger partial charge is 0.325 e. The van der Waals surface area contributed by atoms with Crippen molar-refractivity contribution in [2.75, 3.05) is 0 Å². The predicted octanol–water partition coefficient (Wildman–Crippen LogP) is 3.66. The Morgan fingerprint density at radius 2 is 1.88 bits per heavy atom. The number of nitrogens with zero attached hydrogens (tertiary/aromatic N) is 2. The van der Waals surface area contributed by atoms with Crippen LogP contribution in [0.1, 0.15) is 35.7 Å². The van der Waals surface area contributed by atoms with Gasteiger partial charge in [-0.05, 0) is 51.8 Å². The number of pyridine rings is 1. The molecule has 0 aliphatic carbocycles. The van der Waals surface area contributed by atoms with Gasteiger partial charge < -0.3 is 4.84 Å². The summed E-state index contributed by atoms with van der Waals surface area (Å²) in [6.45, 7) is 1.99. The highest BCUT2D eigenvalue weighted by Gasteiger charge is 2.33. The zero-order chi connectivity index (χ0) is 18.5. The van der Waals surface area contributed by atoms with E-state index in [1.807, 2.05) is 31.2 Å². The molecule has 0 radical (unpaired) electrons. The van der Waals surface area contributed by atoms with Crippen LogP contribution in [0.25, 0.3) is 0 Å². The van der Waals surface area contributed by atoms with Crippen LogP contribution in [0, 0.1) is 0 Å². The van der Waals surface area contributed by atoms with E-state index in [0.717, 1.165) is 21.9 Å². The fraction of sp³-hybridized carbons (Fsp3) is 0.222. The first-order valence-corrected chi connectivity index (χ1v) is 10.2. The summed E-state index contributed by atoms with van der Waals surface area (Å²) in [7, 11) is 2.83. The van der Waals surface area contributed by atoms with Crippen LogP contribution in [-0.4, -0.2) is 27.8 Å². The molecule has 2 amide bonds. The number of hydroxylamine groups is 2. The van der Waals surface area contributed by atoms with Gasteiger partial charge in [-0.3, -0.25) is 9.59 Å². The molecule has 1 saturated heterocycles. The van der Waals surface area contributed by atoms with Crippen LogP contribution >= 0.6 is 21.6 Å². The summed E-state index contributed by atoms with van der Waals surface area (Å²) < 4.78 is 0. The molecule has 6 nitrogen and oxygen atoms in total. The van der Waals surface area contributed by atoms with Crippen LogP contribution in [0.5, 0.6) is 0 Å². The number of carbonyl (C=O) groups excluding carboxylic acids is 3. The summed E-state index contributed by atoms with van der Waals surface area (Å²) in [5, 5.41) is 1.38. The molecule has 0 bridgehead atoms. The lowest BCUT2D eigenvalue weighted by Gasteiger charge is -2.15. The molecule has 1 aliphatic heterocycles. The van der Waals surface area contributed by atoms with E-state index in [-0.39, 0.29) is 12.8 Å². The summed E-state index contributed by atoms with van der Waals surface area (Å²) in [5.41, 5.74) is 1.30. The molecule has 0 atom stereocenters. The molecular weight excluding hydrogens is 372 g/mol. The van der Waals surface area contributed by atoms with E-state index in [2.05, 4.69) is 4.98 Å². The molecule has 1 aliphatic rings. The van der Waals surface area contributed by atoms with Crippen molar-refractivity contribution in [2.45, 2.75) is 36.1 Å². The van der Waals surface area contributed by atoms with Gasteiger partial charge in [-0.2, -0.15) is 0 Å². The number of aromatic nitrogens is 1. The molecule has 2 aromatic rings. The predicted molar refractivity (Wildman–Crippen MR) is 98.3 cm³/mol. The third-order valence-corrected chi connectivity index (χ3v) is 6.13. The number of imide groups is 1. The molecule has 1 fully saturated rings. The number of aryl methyl sites for hydroxylation is 1. The molecular formula is C18H16N2O4S2. The van der Waals surface area contributed by atoms with E-state index in [1.165, 1.54) is 21.6 Å². The Morgan fingerprint density at radius 3 is 2.54 bits per heavy atom. The Kier molecular flexibility index (Phi) is 5.95. The highest BCUT2D eigenvalue weighted by atomic mass is 33.1. The van der Waals surface area contributed by atoms with Gasteiger partial charge in [0.15, 0.2) is 0 Å². The third kappa shape index (κ3) is 4.08. The Hall–Kier alpha value is -2.32. The normalized spacial score (nSPS) is 14.0. The van der Waals surface area contributed by atoms with Crippen LogP contribution in [0.2, 0.25) is 0 Å². The highest BCUT2D eigenvalue weighted by molar-refractivity contribution is 8.76. The number of carbonyl (C=O) groups is 3. The van der Waals surface area contributed by atoms with E-state index in [4.69, 9.17) is 4.84 Å². The van der Waals surface area contributed by atoms with Crippen molar-refractivity contribution in [3.63, 3.8) is 0 Å². The summed E-state index contributed by atoms with van der Waals surface area (Å²) in [6, 6.07) is 10.9. The molecule has 1 aromatic heterocycles. The van der Waals surface area contributed by atoms with Crippen molar-refractivity contribution >= 4 is 39.4 Å². The number of rotatable bonds is 6. The first kappa shape index (κ1) is 18.5. The Bertz CT molecular complexity index is 826. The van der Waals surface area contributed by atoms with Gasteiger partial charge in [-0.25, -0.2) is 9.78 Å². The minimum absolute atomic E-state index is 0.0677. The van der Waals surface area contributed by atoms with Crippen molar-refractivity contribution in [3.05, 3.63) is 53.7 Å². The zero-order valence-electron chi connectivity index (χ0n) is 14.0. The maximum atomic E-state index is 12.6. The first-order valence-electron chi connectivity index (χ1n) is 8.05. The van der Waals surface area contributed by atoms with Crippen molar-refractivity contribution in [1.29, 1.82) is 0 Å². The summed E-state index contributed by atoms with van der Waals surface area (Å²) >= 11 is 0. The molecule has 1 aromatic carbocycles. The fourth-order valence-electron chi connectivity index (χ4n) is 2.39. The second-order valence-corrected chi connectivity index (χ2v) is 7.60. The number of amides is 2. The van der Waals surface area contributed by atoms with Gasteiger partial charge in [0.2, 0.25) is 0 Å². The molecule has 26 heavy (non-hydrogen) atoms. The summed E-state index contributed by atoms with van der Waals surface area (Å²) in [6.07, 6.45) is 2.57. The second-order valence-electron chi connectivity index (χ2n) is 5.44. The molecule has 2 heterocycles. The number of benzene rings is 1. The monoisotopic (exact) mass is 388 g/mol. The average Bonchev–Trinajstić information content (AvgIpc) is 2.98. The Balaban J connectivity index is 1.83. The standard InChI is InChI=1S/C18H16N2O4S2/c1-2-12-6-5-7-13(17(12)26-25-14-8-3-4-11-19-14)18(23)24-20-15(21)9-10-16(20)22/h3-8,11H,2,9-10H2,1H3. The molecule has 0 saturated carbocycles. The molecule has 3 rings (SSSR count). The molecule has 0 unspecified atom stereocenters. The highest BCUT2D eigenvalue weighted by Crippen LogP contribution is 2.40. The number of hydrogen-bond acceptors (Lipinski definition) is 7. The largest absolute Gasteiger partial charge is 0.365 e. The van der Waals surface area contributed by atoms with Gasteiger partial charge >= 0.3 is 5.97 Å². The van der Waals surface area contributed by atoms with E-state index in [9.17, 15) is 14.4 Å². The van der Waals surface area contributed by atoms with Crippen molar-refractivity contribution in [3.8, 4) is 0 Å². The van der Waals surface area contributed by atoms with Gasteiger partial charge in [0.1, 0.15) is 5.03 Å². The van der Waals surface area contributed by atoms with Crippen molar-refractivity contribution in [2.24, 2.45) is 0 Å². The van der Waals surface area contributed by atoms with Crippen molar-refractivity contribution < 1.29 is 19.2 Å². The topological polar surface area (TPSA) is 76.6 Å². The van der Waals surface area contributed by atoms with E-state index >= 15 is 0 Å². The maximum absolute atomic E-state index is 12.6. The van der Waals surface area contributed by atoms with Gasteiger partial charge in [-0.15, -0.1) is 5.06 Å². The summed E-state index contributed by atoms with van der Waals surface area (Å²) in [5.74, 6) is -1.70. The third-order valence-electron chi connectivity index (χ3n) is 3.73. The lowest BCUT2D eigenvalue weighted by molar-refractivity contribution is -0.172. The van der Waals surface area contributed by atoms with Gasteiger partial charge in [0, 0.05) is 23.9 Å². The first-order chi connectivity index (χ1) is 12.6. The SMILES string of the molecule is CCc1cccc(C(=O)ON2C(=O)CCC2=O)c1SSc1ccccn1. The molecule has 134 valence electrons. The Labute approximate surface area is 158 Å². The van der Waals surface area contributed by atoms with E-state index in [1.54, 1.807) is 18.3 Å². The molecule has 0 N–H and O–H groups in total. The second kappa shape index (κ2) is 8.37. The van der Waals surface area contributed by atoms with Crippen LogP contribution in [0.15, 0.2) is 52.5 Å². The molecule has 8 heteroatoms. The van der Waals surface area contributed by atoms with Crippen molar-refractivity contribution in [1.82, 2.24) is 10.0 Å². The lowest BCUT2D eigenvalue weighted by Crippen LogP contribution is -2.32. The van der Waals surface area contributed by atoms with E-state index < -0.39 is 17.8 Å². The number of hydrogen-bond donors (Lipinski definition) is 0. The van der Waals surface area contributed by atoms with E-state index in [0.29, 0.717) is 10.6 Å². The summed E-state index contributed by atoms with van der Waals surface area (Å²) in [4.78, 5) is 46.0. The van der Waals surface area contributed by atoms with Crippen LogP contribution < -0.4 is 0 Å². The molecule has 0 spiro atoms. The maximum Gasteiger partial charge on any atom is 0.365 e.